The van der Waals surface area contributed by atoms with Gasteiger partial charge in [0.15, 0.2) is 12.1 Å². The van der Waals surface area contributed by atoms with Gasteiger partial charge in [-0.25, -0.2) is 0 Å². The molecule has 1 aliphatic rings. The normalized spacial score (nSPS) is 16.4. The Bertz CT molecular complexity index is 583. The van der Waals surface area contributed by atoms with Gasteiger partial charge in [-0.1, -0.05) is 13.8 Å². The number of aldehydes is 1. The van der Waals surface area contributed by atoms with Crippen LogP contribution in [-0.4, -0.2) is 29.6 Å². The van der Waals surface area contributed by atoms with E-state index in [0.29, 0.717) is 36.3 Å². The topological polar surface area (TPSA) is 76.2 Å². The summed E-state index contributed by atoms with van der Waals surface area (Å²) in [6.07, 6.45) is 2.44. The smallest absolute Gasteiger partial charge is 0.306 e. The molecule has 0 aromatic carbocycles. The number of rotatable bonds is 5. The highest BCUT2D eigenvalue weighted by Gasteiger charge is 2.35. The van der Waals surface area contributed by atoms with Gasteiger partial charge in [-0.2, -0.15) is 0 Å². The fraction of sp³-hybridized carbons (Fsp3) is 0.562. The van der Waals surface area contributed by atoms with Crippen LogP contribution in [0.5, 0.6) is 0 Å². The van der Waals surface area contributed by atoms with Crippen molar-refractivity contribution in [1.82, 2.24) is 4.98 Å². The third-order valence-corrected chi connectivity index (χ3v) is 3.79. The molecule has 5 heteroatoms. The number of carbonyl (C=O) groups excluding carboxylic acids is 3. The number of esters is 1. The summed E-state index contributed by atoms with van der Waals surface area (Å²) in [4.78, 5) is 38.1. The van der Waals surface area contributed by atoms with E-state index in [2.05, 4.69) is 4.98 Å². The lowest BCUT2D eigenvalue weighted by atomic mass is 9.75. The predicted octanol–water partition coefficient (Wildman–Crippen LogP) is 2.48. The van der Waals surface area contributed by atoms with Crippen LogP contribution in [0.15, 0.2) is 0 Å². The lowest BCUT2D eigenvalue weighted by molar-refractivity contribution is -0.143. The number of nitrogens with one attached hydrogen (secondary N) is 1. The minimum Gasteiger partial charge on any atom is -0.466 e. The molecule has 0 saturated carbocycles. The van der Waals surface area contributed by atoms with E-state index in [9.17, 15) is 14.4 Å². The zero-order chi connectivity index (χ0) is 15.6. The van der Waals surface area contributed by atoms with E-state index in [1.54, 1.807) is 6.92 Å². The second-order valence-electron chi connectivity index (χ2n) is 6.23. The lowest BCUT2D eigenvalue weighted by Crippen LogP contribution is -2.27. The van der Waals surface area contributed by atoms with Crippen LogP contribution in [0.2, 0.25) is 0 Å². The zero-order valence-corrected chi connectivity index (χ0v) is 12.7. The molecule has 0 bridgehead atoms. The first-order chi connectivity index (χ1) is 9.88. The van der Waals surface area contributed by atoms with Crippen LogP contribution in [0.25, 0.3) is 0 Å². The molecule has 0 atom stereocenters. The van der Waals surface area contributed by atoms with E-state index in [-0.39, 0.29) is 23.6 Å². The molecule has 1 heterocycles. The summed E-state index contributed by atoms with van der Waals surface area (Å²) in [7, 11) is 0. The summed E-state index contributed by atoms with van der Waals surface area (Å²) in [6, 6.07) is 0. The molecular formula is C16H21NO4. The van der Waals surface area contributed by atoms with Crippen LogP contribution in [0.4, 0.5) is 0 Å². The zero-order valence-electron chi connectivity index (χ0n) is 12.7. The Morgan fingerprint density at radius 1 is 1.38 bits per heavy atom. The predicted molar refractivity (Wildman–Crippen MR) is 77.6 cm³/mol. The fourth-order valence-electron chi connectivity index (χ4n) is 2.97. The molecule has 1 aliphatic carbocycles. The van der Waals surface area contributed by atoms with Crippen molar-refractivity contribution in [3.63, 3.8) is 0 Å². The SMILES string of the molecule is CCOC(=O)CCc1c(C=O)[nH]c2c1C(=O)CC(C)(C)C2. The first kappa shape index (κ1) is 15.5. The van der Waals surface area contributed by atoms with Gasteiger partial charge in [-0.05, 0) is 30.7 Å². The van der Waals surface area contributed by atoms with Gasteiger partial charge in [-0.15, -0.1) is 0 Å². The fourth-order valence-corrected chi connectivity index (χ4v) is 2.97. The number of hydrogen-bond acceptors (Lipinski definition) is 4. The number of hydrogen-bond donors (Lipinski definition) is 1. The van der Waals surface area contributed by atoms with Gasteiger partial charge in [0.2, 0.25) is 0 Å². The molecular weight excluding hydrogens is 270 g/mol. The highest BCUT2D eigenvalue weighted by Crippen LogP contribution is 2.37. The molecule has 114 valence electrons. The highest BCUT2D eigenvalue weighted by atomic mass is 16.5. The Hall–Kier alpha value is -1.91. The summed E-state index contributed by atoms with van der Waals surface area (Å²) < 4.78 is 4.90. The van der Waals surface area contributed by atoms with Crippen LogP contribution in [0.3, 0.4) is 0 Å². The average Bonchev–Trinajstić information content (AvgIpc) is 2.72. The van der Waals surface area contributed by atoms with Crippen molar-refractivity contribution in [1.29, 1.82) is 0 Å². The van der Waals surface area contributed by atoms with E-state index >= 15 is 0 Å². The number of ketones is 1. The van der Waals surface area contributed by atoms with Gasteiger partial charge in [0, 0.05) is 24.1 Å². The molecule has 0 unspecified atom stereocenters. The maximum atomic E-state index is 12.4. The quantitative estimate of drug-likeness (QED) is 0.668. The van der Waals surface area contributed by atoms with Crippen molar-refractivity contribution in [3.05, 3.63) is 22.5 Å². The van der Waals surface area contributed by atoms with Gasteiger partial charge in [-0.3, -0.25) is 14.4 Å². The second kappa shape index (κ2) is 5.84. The van der Waals surface area contributed by atoms with Crippen molar-refractivity contribution >= 4 is 18.0 Å². The molecule has 2 rings (SSSR count). The molecule has 0 saturated heterocycles. The van der Waals surface area contributed by atoms with E-state index in [4.69, 9.17) is 4.74 Å². The second-order valence-corrected chi connectivity index (χ2v) is 6.23. The van der Waals surface area contributed by atoms with Crippen molar-refractivity contribution in [3.8, 4) is 0 Å². The lowest BCUT2D eigenvalue weighted by Gasteiger charge is -2.28. The van der Waals surface area contributed by atoms with Crippen LogP contribution in [-0.2, 0) is 22.4 Å². The molecule has 21 heavy (non-hydrogen) atoms. The Morgan fingerprint density at radius 3 is 2.71 bits per heavy atom. The number of ether oxygens (including phenoxy) is 1. The van der Waals surface area contributed by atoms with Gasteiger partial charge in [0.1, 0.15) is 0 Å². The minimum atomic E-state index is -0.312. The average molecular weight is 291 g/mol. The van der Waals surface area contributed by atoms with E-state index < -0.39 is 0 Å². The van der Waals surface area contributed by atoms with Crippen molar-refractivity contribution < 1.29 is 19.1 Å². The first-order valence-corrected chi connectivity index (χ1v) is 7.25. The molecule has 0 amide bonds. The number of carbonyl (C=O) groups is 3. The molecule has 5 nitrogen and oxygen atoms in total. The summed E-state index contributed by atoms with van der Waals surface area (Å²) >= 11 is 0. The maximum Gasteiger partial charge on any atom is 0.306 e. The van der Waals surface area contributed by atoms with Gasteiger partial charge in [0.05, 0.1) is 12.3 Å². The van der Waals surface area contributed by atoms with Crippen LogP contribution in [0.1, 0.15) is 65.7 Å². The third kappa shape index (κ3) is 3.23. The Kier molecular flexibility index (Phi) is 4.30. The van der Waals surface area contributed by atoms with E-state index in [1.165, 1.54) is 0 Å². The number of aromatic nitrogens is 1. The summed E-state index contributed by atoms with van der Waals surface area (Å²) in [6.45, 7) is 6.15. The number of Topliss-reactive ketones (excluding diaryl/α,β-unsaturated/α-hetero) is 1. The number of aromatic amines is 1. The first-order valence-electron chi connectivity index (χ1n) is 7.25. The van der Waals surface area contributed by atoms with Crippen LogP contribution < -0.4 is 0 Å². The van der Waals surface area contributed by atoms with Crippen LogP contribution in [0, 0.1) is 5.41 Å². The van der Waals surface area contributed by atoms with Crippen molar-refractivity contribution in [2.75, 3.05) is 6.61 Å². The summed E-state index contributed by atoms with van der Waals surface area (Å²) in [5, 5.41) is 0. The number of fused-ring (bicyclic) bond motifs is 1. The molecule has 0 spiro atoms. The Balaban J connectivity index is 2.30. The standard InChI is InChI=1S/C16H21NO4/c1-4-21-14(20)6-5-10-12(9-18)17-11-7-16(2,3)8-13(19)15(10)11/h9,17H,4-8H2,1-3H3. The minimum absolute atomic E-state index is 0.0458. The monoisotopic (exact) mass is 291 g/mol. The molecule has 0 aliphatic heterocycles. The van der Waals surface area contributed by atoms with Gasteiger partial charge in [0.25, 0.3) is 0 Å². The highest BCUT2D eigenvalue weighted by molar-refractivity contribution is 6.02. The van der Waals surface area contributed by atoms with Crippen molar-refractivity contribution in [2.45, 2.75) is 46.5 Å². The summed E-state index contributed by atoms with van der Waals surface area (Å²) in [5.74, 6) is -0.266. The van der Waals surface area contributed by atoms with Gasteiger partial charge < -0.3 is 9.72 Å². The van der Waals surface area contributed by atoms with Crippen molar-refractivity contribution in [2.24, 2.45) is 5.41 Å². The third-order valence-electron chi connectivity index (χ3n) is 3.79. The Morgan fingerprint density at radius 2 is 2.10 bits per heavy atom. The van der Waals surface area contributed by atoms with E-state index in [1.807, 2.05) is 13.8 Å². The van der Waals surface area contributed by atoms with Gasteiger partial charge >= 0.3 is 5.97 Å². The van der Waals surface area contributed by atoms with E-state index in [0.717, 1.165) is 18.4 Å². The number of H-pyrrole nitrogens is 1. The molecule has 1 N–H and O–H groups in total. The summed E-state index contributed by atoms with van der Waals surface area (Å²) in [5.41, 5.74) is 2.40. The maximum absolute atomic E-state index is 12.4. The molecule has 1 aromatic heterocycles. The largest absolute Gasteiger partial charge is 0.466 e. The molecule has 0 radical (unpaired) electrons. The molecule has 0 fully saturated rings. The molecule has 1 aromatic rings. The van der Waals surface area contributed by atoms with Crippen LogP contribution >= 0.6 is 0 Å². The Labute approximate surface area is 124 Å².